The van der Waals surface area contributed by atoms with Crippen LogP contribution in [0.3, 0.4) is 0 Å². The van der Waals surface area contributed by atoms with Gasteiger partial charge in [0.2, 0.25) is 0 Å². The normalized spacial score (nSPS) is 18.3. The lowest BCUT2D eigenvalue weighted by Gasteiger charge is -2.06. The van der Waals surface area contributed by atoms with Gasteiger partial charge in [0.25, 0.3) is 0 Å². The lowest BCUT2D eigenvalue weighted by atomic mass is 9.99. The highest BCUT2D eigenvalue weighted by Crippen LogP contribution is 2.21. The van der Waals surface area contributed by atoms with Crippen molar-refractivity contribution < 1.29 is 0 Å². The van der Waals surface area contributed by atoms with Gasteiger partial charge in [0.1, 0.15) is 0 Å². The molecule has 0 aliphatic carbocycles. The van der Waals surface area contributed by atoms with E-state index in [0.717, 1.165) is 12.5 Å². The van der Waals surface area contributed by atoms with Gasteiger partial charge < -0.3 is 5.32 Å². The summed E-state index contributed by atoms with van der Waals surface area (Å²) in [5.74, 6) is 0.760. The van der Waals surface area contributed by atoms with Crippen LogP contribution in [-0.2, 0) is 0 Å². The van der Waals surface area contributed by atoms with Gasteiger partial charge >= 0.3 is 0 Å². The minimum atomic E-state index is 0.760. The van der Waals surface area contributed by atoms with E-state index in [9.17, 15) is 0 Å². The SMILES string of the molecule is CC.CC.c1ccc(C2CCNC2)cc1. The van der Waals surface area contributed by atoms with Gasteiger partial charge in [-0.25, -0.2) is 0 Å². The molecule has 2 rings (SSSR count). The van der Waals surface area contributed by atoms with Crippen molar-refractivity contribution in [1.82, 2.24) is 5.32 Å². The smallest absolute Gasteiger partial charge is 0.00206 e. The number of nitrogens with one attached hydrogen (secondary N) is 1. The van der Waals surface area contributed by atoms with Crippen molar-refractivity contribution in [3.8, 4) is 0 Å². The van der Waals surface area contributed by atoms with E-state index < -0.39 is 0 Å². The molecule has 1 fully saturated rings. The van der Waals surface area contributed by atoms with Crippen LogP contribution in [0.2, 0.25) is 0 Å². The van der Waals surface area contributed by atoms with Gasteiger partial charge in [0.05, 0.1) is 0 Å². The molecule has 1 unspecified atom stereocenters. The highest BCUT2D eigenvalue weighted by atomic mass is 14.9. The molecule has 0 aromatic heterocycles. The quantitative estimate of drug-likeness (QED) is 0.738. The lowest BCUT2D eigenvalue weighted by Crippen LogP contribution is -2.07. The molecule has 86 valence electrons. The Kier molecular flexibility index (Phi) is 9.19. The minimum absolute atomic E-state index is 0.760. The van der Waals surface area contributed by atoms with Crippen molar-refractivity contribution in [2.75, 3.05) is 13.1 Å². The highest BCUT2D eigenvalue weighted by Gasteiger charge is 2.15. The molecule has 0 radical (unpaired) electrons. The van der Waals surface area contributed by atoms with Crippen molar-refractivity contribution in [3.63, 3.8) is 0 Å². The van der Waals surface area contributed by atoms with Crippen LogP contribution in [0.15, 0.2) is 30.3 Å². The van der Waals surface area contributed by atoms with E-state index in [4.69, 9.17) is 0 Å². The topological polar surface area (TPSA) is 12.0 Å². The molecule has 1 aliphatic rings. The fourth-order valence-electron chi connectivity index (χ4n) is 1.66. The number of rotatable bonds is 1. The second kappa shape index (κ2) is 9.72. The van der Waals surface area contributed by atoms with Crippen LogP contribution in [0.4, 0.5) is 0 Å². The third-order valence-corrected chi connectivity index (χ3v) is 2.33. The Morgan fingerprint density at radius 3 is 2.07 bits per heavy atom. The average Bonchev–Trinajstić information content (AvgIpc) is 2.89. The van der Waals surface area contributed by atoms with Crippen LogP contribution in [-0.4, -0.2) is 13.1 Å². The lowest BCUT2D eigenvalue weighted by molar-refractivity contribution is 0.763. The van der Waals surface area contributed by atoms with Crippen LogP contribution < -0.4 is 5.32 Å². The van der Waals surface area contributed by atoms with Gasteiger partial charge in [0.15, 0.2) is 0 Å². The Hall–Kier alpha value is -0.820. The molecule has 1 N–H and O–H groups in total. The maximum absolute atomic E-state index is 3.37. The first-order chi connectivity index (χ1) is 7.47. The van der Waals surface area contributed by atoms with Crippen LogP contribution in [0.5, 0.6) is 0 Å². The van der Waals surface area contributed by atoms with E-state index >= 15 is 0 Å². The summed E-state index contributed by atoms with van der Waals surface area (Å²) >= 11 is 0. The Balaban J connectivity index is 0.000000442. The Labute approximate surface area is 94.9 Å². The van der Waals surface area contributed by atoms with Crippen molar-refractivity contribution in [2.45, 2.75) is 40.0 Å². The molecule has 1 aromatic carbocycles. The molecule has 1 aliphatic heterocycles. The van der Waals surface area contributed by atoms with Gasteiger partial charge in [-0.3, -0.25) is 0 Å². The monoisotopic (exact) mass is 207 g/mol. The largest absolute Gasteiger partial charge is 0.316 e. The van der Waals surface area contributed by atoms with E-state index in [2.05, 4.69) is 35.6 Å². The number of hydrogen-bond donors (Lipinski definition) is 1. The van der Waals surface area contributed by atoms with E-state index in [0.29, 0.717) is 0 Å². The van der Waals surface area contributed by atoms with E-state index in [-0.39, 0.29) is 0 Å². The first-order valence-corrected chi connectivity index (χ1v) is 6.22. The Morgan fingerprint density at radius 1 is 1.00 bits per heavy atom. The second-order valence-electron chi connectivity index (χ2n) is 3.10. The van der Waals surface area contributed by atoms with Gasteiger partial charge in [-0.05, 0) is 24.4 Å². The van der Waals surface area contributed by atoms with Crippen molar-refractivity contribution >= 4 is 0 Å². The summed E-state index contributed by atoms with van der Waals surface area (Å²) in [6.07, 6.45) is 1.30. The van der Waals surface area contributed by atoms with Crippen LogP contribution in [0.1, 0.15) is 45.6 Å². The van der Waals surface area contributed by atoms with Crippen LogP contribution in [0.25, 0.3) is 0 Å². The predicted molar refractivity (Wildman–Crippen MR) is 69.4 cm³/mol. The van der Waals surface area contributed by atoms with Gasteiger partial charge in [-0.1, -0.05) is 58.0 Å². The maximum Gasteiger partial charge on any atom is 0.00206 e. The zero-order chi connectivity index (χ0) is 11.5. The van der Waals surface area contributed by atoms with Crippen molar-refractivity contribution in [3.05, 3.63) is 35.9 Å². The first-order valence-electron chi connectivity index (χ1n) is 6.22. The molecule has 15 heavy (non-hydrogen) atoms. The summed E-state index contributed by atoms with van der Waals surface area (Å²) < 4.78 is 0. The predicted octanol–water partition coefficient (Wildman–Crippen LogP) is 3.82. The van der Waals surface area contributed by atoms with E-state index in [1.54, 1.807) is 0 Å². The molecule has 0 bridgehead atoms. The number of hydrogen-bond acceptors (Lipinski definition) is 1. The molecule has 1 atom stereocenters. The van der Waals surface area contributed by atoms with Crippen LogP contribution in [0, 0.1) is 0 Å². The molecule has 1 nitrogen and oxygen atoms in total. The summed E-state index contributed by atoms with van der Waals surface area (Å²) in [5.41, 5.74) is 1.48. The zero-order valence-corrected chi connectivity index (χ0v) is 10.6. The molecule has 0 amide bonds. The summed E-state index contributed by atoms with van der Waals surface area (Å²) in [6.45, 7) is 10.3. The molecular formula is C14H25N. The van der Waals surface area contributed by atoms with Gasteiger partial charge in [0, 0.05) is 6.54 Å². The fraction of sp³-hybridized carbons (Fsp3) is 0.571. The third-order valence-electron chi connectivity index (χ3n) is 2.33. The molecule has 0 spiro atoms. The molecule has 1 heterocycles. The summed E-state index contributed by atoms with van der Waals surface area (Å²) in [5, 5.41) is 3.37. The standard InChI is InChI=1S/C10H13N.2C2H6/c1-2-4-9(5-3-1)10-6-7-11-8-10;2*1-2/h1-5,10-11H,6-8H2;2*1-2H3. The number of benzene rings is 1. The summed E-state index contributed by atoms with van der Waals surface area (Å²) in [6, 6.07) is 10.8. The Morgan fingerprint density at radius 2 is 1.60 bits per heavy atom. The summed E-state index contributed by atoms with van der Waals surface area (Å²) in [7, 11) is 0. The van der Waals surface area contributed by atoms with Gasteiger partial charge in [-0.2, -0.15) is 0 Å². The zero-order valence-electron chi connectivity index (χ0n) is 10.6. The summed E-state index contributed by atoms with van der Waals surface area (Å²) in [4.78, 5) is 0. The average molecular weight is 207 g/mol. The first kappa shape index (κ1) is 14.2. The molecule has 0 saturated carbocycles. The van der Waals surface area contributed by atoms with Crippen molar-refractivity contribution in [2.24, 2.45) is 0 Å². The minimum Gasteiger partial charge on any atom is -0.316 e. The molecule has 1 aromatic rings. The van der Waals surface area contributed by atoms with Crippen LogP contribution >= 0.6 is 0 Å². The third kappa shape index (κ3) is 4.98. The van der Waals surface area contributed by atoms with Crippen molar-refractivity contribution in [1.29, 1.82) is 0 Å². The Bertz CT molecular complexity index is 212. The second-order valence-corrected chi connectivity index (χ2v) is 3.10. The fourth-order valence-corrected chi connectivity index (χ4v) is 1.66. The maximum atomic E-state index is 3.37. The highest BCUT2D eigenvalue weighted by molar-refractivity contribution is 5.20. The molecule has 1 heteroatoms. The molecular weight excluding hydrogens is 182 g/mol. The molecule has 1 saturated heterocycles. The van der Waals surface area contributed by atoms with E-state index in [1.807, 2.05) is 27.7 Å². The van der Waals surface area contributed by atoms with E-state index in [1.165, 1.54) is 18.5 Å². The van der Waals surface area contributed by atoms with Gasteiger partial charge in [-0.15, -0.1) is 0 Å².